The van der Waals surface area contributed by atoms with Gasteiger partial charge in [-0.25, -0.2) is 4.79 Å². The van der Waals surface area contributed by atoms with Gasteiger partial charge in [0.05, 0.1) is 6.61 Å². The van der Waals surface area contributed by atoms with Crippen molar-refractivity contribution in [2.24, 2.45) is 0 Å². The molecule has 0 fully saturated rings. The first-order valence-electron chi connectivity index (χ1n) is 11.2. The van der Waals surface area contributed by atoms with Gasteiger partial charge in [0.25, 0.3) is 0 Å². The van der Waals surface area contributed by atoms with Gasteiger partial charge in [0.1, 0.15) is 24.2 Å². The van der Waals surface area contributed by atoms with Crippen LogP contribution in [-0.4, -0.2) is 49.0 Å². The Labute approximate surface area is 202 Å². The van der Waals surface area contributed by atoms with Gasteiger partial charge < -0.3 is 33.9 Å². The summed E-state index contributed by atoms with van der Waals surface area (Å²) in [5.41, 5.74) is 1.08. The predicted molar refractivity (Wildman–Crippen MR) is 127 cm³/mol. The number of anilines is 1. The van der Waals surface area contributed by atoms with Gasteiger partial charge >= 0.3 is 6.09 Å². The standard InChI is InChI=1S/C26H27NO8/c28-12-11-23(34-20-6-2-1-3-7-20)25(18-5-4-8-21(15-18)31-14-13-29)35-26(30)27-19-9-10-22-24(16-19)33-17-32-22/h1-10,15-16,23,25,28-29H,11-14,17H2,(H,27,30)/t23-,25-/m0/s1. The molecule has 0 aliphatic carbocycles. The summed E-state index contributed by atoms with van der Waals surface area (Å²) in [7, 11) is 0. The lowest BCUT2D eigenvalue weighted by atomic mass is 10.0. The van der Waals surface area contributed by atoms with E-state index in [2.05, 4.69) is 5.32 Å². The van der Waals surface area contributed by atoms with E-state index in [9.17, 15) is 9.90 Å². The average Bonchev–Trinajstić information content (AvgIpc) is 3.35. The third-order valence-electron chi connectivity index (χ3n) is 5.18. The summed E-state index contributed by atoms with van der Waals surface area (Å²) in [5, 5.41) is 21.5. The van der Waals surface area contributed by atoms with E-state index < -0.39 is 18.3 Å². The number of fused-ring (bicyclic) bond motifs is 1. The van der Waals surface area contributed by atoms with Gasteiger partial charge in [-0.3, -0.25) is 5.32 Å². The molecule has 0 aromatic heterocycles. The number of amides is 1. The first-order chi connectivity index (χ1) is 17.2. The zero-order chi connectivity index (χ0) is 24.5. The molecule has 35 heavy (non-hydrogen) atoms. The first-order valence-corrected chi connectivity index (χ1v) is 11.2. The fourth-order valence-electron chi connectivity index (χ4n) is 3.61. The van der Waals surface area contributed by atoms with Crippen molar-refractivity contribution < 1.29 is 38.7 Å². The smallest absolute Gasteiger partial charge is 0.412 e. The Hall–Kier alpha value is -3.95. The molecule has 3 N–H and O–H groups in total. The maximum atomic E-state index is 12.9. The number of nitrogens with one attached hydrogen (secondary N) is 1. The van der Waals surface area contributed by atoms with E-state index >= 15 is 0 Å². The van der Waals surface area contributed by atoms with Crippen molar-refractivity contribution in [3.8, 4) is 23.0 Å². The highest BCUT2D eigenvalue weighted by atomic mass is 16.7. The van der Waals surface area contributed by atoms with E-state index in [1.54, 1.807) is 54.6 Å². The molecule has 2 atom stereocenters. The van der Waals surface area contributed by atoms with Crippen LogP contribution in [0.2, 0.25) is 0 Å². The molecule has 0 unspecified atom stereocenters. The molecule has 0 bridgehead atoms. The van der Waals surface area contributed by atoms with E-state index in [1.807, 2.05) is 18.2 Å². The Bertz CT molecular complexity index is 1110. The van der Waals surface area contributed by atoms with Gasteiger partial charge in [-0.05, 0) is 42.0 Å². The molecule has 0 saturated carbocycles. The Balaban J connectivity index is 1.57. The molecule has 9 nitrogen and oxygen atoms in total. The van der Waals surface area contributed by atoms with Crippen LogP contribution in [0.5, 0.6) is 23.0 Å². The number of aliphatic hydroxyl groups excluding tert-OH is 2. The zero-order valence-electron chi connectivity index (χ0n) is 19.0. The van der Waals surface area contributed by atoms with E-state index in [0.717, 1.165) is 0 Å². The predicted octanol–water partition coefficient (Wildman–Crippen LogP) is 3.91. The summed E-state index contributed by atoms with van der Waals surface area (Å²) >= 11 is 0. The molecule has 0 saturated heterocycles. The largest absolute Gasteiger partial charge is 0.491 e. The van der Waals surface area contributed by atoms with Gasteiger partial charge in [-0.15, -0.1) is 0 Å². The highest BCUT2D eigenvalue weighted by Crippen LogP contribution is 2.35. The van der Waals surface area contributed by atoms with Gasteiger partial charge in [0.15, 0.2) is 17.6 Å². The number of rotatable bonds is 11. The summed E-state index contributed by atoms with van der Waals surface area (Å²) in [5.74, 6) is 2.20. The fourth-order valence-corrected chi connectivity index (χ4v) is 3.61. The summed E-state index contributed by atoms with van der Waals surface area (Å²) in [6.45, 7) is -0.0615. The van der Waals surface area contributed by atoms with Crippen molar-refractivity contribution in [3.63, 3.8) is 0 Å². The van der Waals surface area contributed by atoms with Crippen molar-refractivity contribution in [1.29, 1.82) is 0 Å². The third kappa shape index (κ3) is 6.56. The van der Waals surface area contributed by atoms with Crippen LogP contribution in [-0.2, 0) is 4.74 Å². The van der Waals surface area contributed by atoms with Crippen LogP contribution in [0.25, 0.3) is 0 Å². The number of carbonyl (C=O) groups is 1. The Morgan fingerprint density at radius 3 is 2.51 bits per heavy atom. The maximum absolute atomic E-state index is 12.9. The molecule has 3 aromatic rings. The molecule has 1 heterocycles. The molecular weight excluding hydrogens is 454 g/mol. The minimum atomic E-state index is -0.881. The van der Waals surface area contributed by atoms with Crippen molar-refractivity contribution in [3.05, 3.63) is 78.4 Å². The number of ether oxygens (including phenoxy) is 5. The lowest BCUT2D eigenvalue weighted by Gasteiger charge is -2.28. The number of hydrogen-bond donors (Lipinski definition) is 3. The van der Waals surface area contributed by atoms with Crippen LogP contribution in [0.4, 0.5) is 10.5 Å². The van der Waals surface area contributed by atoms with Crippen molar-refractivity contribution in [1.82, 2.24) is 0 Å². The van der Waals surface area contributed by atoms with Crippen LogP contribution in [0, 0.1) is 0 Å². The van der Waals surface area contributed by atoms with E-state index in [0.29, 0.717) is 34.2 Å². The highest BCUT2D eigenvalue weighted by Gasteiger charge is 2.29. The molecule has 184 valence electrons. The zero-order valence-corrected chi connectivity index (χ0v) is 19.0. The molecule has 1 aliphatic heterocycles. The van der Waals surface area contributed by atoms with Crippen molar-refractivity contribution in [2.75, 3.05) is 31.9 Å². The highest BCUT2D eigenvalue weighted by molar-refractivity contribution is 5.85. The molecule has 1 aliphatic rings. The minimum Gasteiger partial charge on any atom is -0.491 e. The summed E-state index contributed by atoms with van der Waals surface area (Å²) in [6.07, 6.45) is -2.08. The van der Waals surface area contributed by atoms with Gasteiger partial charge in [-0.2, -0.15) is 0 Å². The van der Waals surface area contributed by atoms with E-state index in [-0.39, 0.29) is 33.0 Å². The number of hydrogen-bond acceptors (Lipinski definition) is 8. The maximum Gasteiger partial charge on any atom is 0.412 e. The summed E-state index contributed by atoms with van der Waals surface area (Å²) in [6, 6.07) is 21.1. The molecule has 9 heteroatoms. The molecule has 0 spiro atoms. The molecule has 1 amide bonds. The minimum absolute atomic E-state index is 0.125. The topological polar surface area (TPSA) is 116 Å². The second-order valence-electron chi connectivity index (χ2n) is 7.65. The van der Waals surface area contributed by atoms with Crippen molar-refractivity contribution >= 4 is 11.8 Å². The second-order valence-corrected chi connectivity index (χ2v) is 7.65. The van der Waals surface area contributed by atoms with E-state index in [1.165, 1.54) is 0 Å². The quantitative estimate of drug-likeness (QED) is 0.378. The van der Waals surface area contributed by atoms with E-state index in [4.69, 9.17) is 28.8 Å². The Morgan fingerprint density at radius 1 is 0.914 bits per heavy atom. The van der Waals surface area contributed by atoms with Crippen molar-refractivity contribution in [2.45, 2.75) is 18.6 Å². The SMILES string of the molecule is O=C(Nc1ccc2c(c1)OCO2)O[C@@H](c1cccc(OCCO)c1)[C@H](CCO)Oc1ccccc1. The number of carbonyl (C=O) groups excluding carboxylic acids is 1. The number of benzene rings is 3. The van der Waals surface area contributed by atoms with Gasteiger partial charge in [0, 0.05) is 24.8 Å². The molecule has 3 aromatic carbocycles. The average molecular weight is 482 g/mol. The van der Waals surface area contributed by atoms with Gasteiger partial charge in [-0.1, -0.05) is 30.3 Å². The Morgan fingerprint density at radius 2 is 1.71 bits per heavy atom. The second kappa shape index (κ2) is 12.0. The van der Waals surface area contributed by atoms with Crippen LogP contribution in [0.15, 0.2) is 72.8 Å². The lowest BCUT2D eigenvalue weighted by molar-refractivity contribution is 0.00897. The fraction of sp³-hybridized carbons (Fsp3) is 0.269. The monoisotopic (exact) mass is 481 g/mol. The third-order valence-corrected chi connectivity index (χ3v) is 5.18. The molecule has 4 rings (SSSR count). The number of aliphatic hydroxyl groups is 2. The van der Waals surface area contributed by atoms with Gasteiger partial charge in [0.2, 0.25) is 6.79 Å². The summed E-state index contributed by atoms with van der Waals surface area (Å²) < 4.78 is 28.2. The van der Waals surface area contributed by atoms with Crippen LogP contribution >= 0.6 is 0 Å². The van der Waals surface area contributed by atoms with Crippen LogP contribution in [0.1, 0.15) is 18.1 Å². The number of para-hydroxylation sites is 1. The Kier molecular flexibility index (Phi) is 8.26. The lowest BCUT2D eigenvalue weighted by Crippen LogP contribution is -2.31. The molecular formula is C26H27NO8. The normalized spacial score (nSPS) is 13.5. The molecule has 0 radical (unpaired) electrons. The van der Waals surface area contributed by atoms with Crippen LogP contribution < -0.4 is 24.3 Å². The summed E-state index contributed by atoms with van der Waals surface area (Å²) in [4.78, 5) is 12.9. The first kappa shape index (κ1) is 24.2. The van der Waals surface area contributed by atoms with Crippen LogP contribution in [0.3, 0.4) is 0 Å².